The second-order valence-corrected chi connectivity index (χ2v) is 10.4. The van der Waals surface area contributed by atoms with Gasteiger partial charge in [0.25, 0.3) is 5.91 Å². The molecule has 0 spiro atoms. The van der Waals surface area contributed by atoms with Crippen LogP contribution < -0.4 is 5.48 Å². The van der Waals surface area contributed by atoms with Crippen molar-refractivity contribution in [3.8, 4) is 11.8 Å². The van der Waals surface area contributed by atoms with Crippen LogP contribution in [0.1, 0.15) is 36.1 Å². The highest BCUT2D eigenvalue weighted by atomic mass is 32.2. The first kappa shape index (κ1) is 24.4. The summed E-state index contributed by atoms with van der Waals surface area (Å²) in [5.41, 5.74) is 4.31. The lowest BCUT2D eigenvalue weighted by Crippen LogP contribution is -2.49. The van der Waals surface area contributed by atoms with E-state index in [1.807, 2.05) is 18.2 Å². The van der Waals surface area contributed by atoms with Gasteiger partial charge in [-0.25, -0.2) is 13.9 Å². The number of aryl methyl sites for hydroxylation is 1. The van der Waals surface area contributed by atoms with Crippen molar-refractivity contribution in [1.29, 1.82) is 0 Å². The van der Waals surface area contributed by atoms with Crippen LogP contribution in [0.15, 0.2) is 48.7 Å². The maximum atomic E-state index is 12.1. The van der Waals surface area contributed by atoms with Crippen molar-refractivity contribution in [2.45, 2.75) is 30.7 Å². The highest BCUT2D eigenvalue weighted by molar-refractivity contribution is 7.92. The number of nitrogens with zero attached hydrogens (tertiary/aromatic N) is 2. The lowest BCUT2D eigenvalue weighted by Gasteiger charge is -2.25. The van der Waals surface area contributed by atoms with Crippen LogP contribution in [-0.4, -0.2) is 57.1 Å². The Hall–Kier alpha value is -3.23. The van der Waals surface area contributed by atoms with E-state index in [2.05, 4.69) is 16.9 Å². The number of nitrogens with one attached hydrogen (secondary N) is 1. The van der Waals surface area contributed by atoms with E-state index in [1.165, 1.54) is 12.4 Å². The number of amides is 1. The Bertz CT molecular complexity index is 1320. The smallest absolute Gasteiger partial charge is 0.264 e. The van der Waals surface area contributed by atoms with Gasteiger partial charge < -0.3 is 10.2 Å². The molecule has 0 saturated carbocycles. The average Bonchev–Trinajstić information content (AvgIpc) is 3.21. The number of aliphatic hydroxyl groups excluding tert-OH is 2. The summed E-state index contributed by atoms with van der Waals surface area (Å²) < 4.78 is 24.1. The number of rotatable bonds is 7. The summed E-state index contributed by atoms with van der Waals surface area (Å²) >= 11 is 0. The largest absolute Gasteiger partial charge is 0.393 e. The summed E-state index contributed by atoms with van der Waals surface area (Å²) in [7, 11) is -3.79. The molecule has 174 valence electrons. The lowest BCUT2D eigenvalue weighted by molar-refractivity contribution is -0.131. The van der Waals surface area contributed by atoms with E-state index in [1.54, 1.807) is 35.1 Å². The number of aliphatic hydroxyl groups is 2. The van der Waals surface area contributed by atoms with Crippen LogP contribution in [0.2, 0.25) is 0 Å². The van der Waals surface area contributed by atoms with Crippen LogP contribution in [0.25, 0.3) is 10.9 Å². The van der Waals surface area contributed by atoms with Gasteiger partial charge in [0.05, 0.1) is 18.3 Å². The molecule has 0 aliphatic heterocycles. The molecule has 9 nitrogen and oxygen atoms in total. The maximum absolute atomic E-state index is 12.1. The van der Waals surface area contributed by atoms with Crippen LogP contribution in [-0.2, 0) is 21.2 Å². The first-order valence-electron chi connectivity index (χ1n) is 10.1. The van der Waals surface area contributed by atoms with Crippen molar-refractivity contribution < 1.29 is 28.6 Å². The van der Waals surface area contributed by atoms with Gasteiger partial charge in [-0.05, 0) is 49.2 Å². The van der Waals surface area contributed by atoms with Crippen LogP contribution in [0, 0.1) is 11.8 Å². The van der Waals surface area contributed by atoms with Crippen molar-refractivity contribution in [3.63, 3.8) is 0 Å². The first-order valence-corrected chi connectivity index (χ1v) is 12.0. The van der Waals surface area contributed by atoms with E-state index in [0.29, 0.717) is 5.56 Å². The number of aromatic nitrogens is 2. The minimum atomic E-state index is -3.79. The van der Waals surface area contributed by atoms with Crippen LogP contribution in [0.4, 0.5) is 0 Å². The summed E-state index contributed by atoms with van der Waals surface area (Å²) in [5.74, 6) is 5.12. The molecule has 0 saturated heterocycles. The molecule has 1 aromatic heterocycles. The number of benzene rings is 2. The summed E-state index contributed by atoms with van der Waals surface area (Å²) in [6, 6.07) is 12.4. The topological polar surface area (TPSA) is 142 Å². The van der Waals surface area contributed by atoms with Crippen molar-refractivity contribution >= 4 is 26.6 Å². The zero-order valence-electron chi connectivity index (χ0n) is 18.2. The van der Waals surface area contributed by atoms with Gasteiger partial charge >= 0.3 is 0 Å². The fraction of sp³-hybridized carbons (Fsp3) is 0.304. The monoisotopic (exact) mass is 471 g/mol. The number of hydrogen-bond donors (Lipinski definition) is 4. The minimum absolute atomic E-state index is 0.0719. The molecule has 2 aromatic carbocycles. The summed E-state index contributed by atoms with van der Waals surface area (Å²) in [5, 5.41) is 32.7. The molecule has 33 heavy (non-hydrogen) atoms. The highest BCUT2D eigenvalue weighted by Gasteiger charge is 2.43. The van der Waals surface area contributed by atoms with Gasteiger partial charge in [0, 0.05) is 29.3 Å². The van der Waals surface area contributed by atoms with Crippen molar-refractivity contribution in [2.75, 3.05) is 12.9 Å². The number of carbonyl (C=O) groups is 1. The zero-order valence-corrected chi connectivity index (χ0v) is 19.0. The van der Waals surface area contributed by atoms with Gasteiger partial charge in [0.1, 0.15) is 6.10 Å². The second kappa shape index (κ2) is 9.72. The third kappa shape index (κ3) is 5.23. The fourth-order valence-corrected chi connectivity index (χ4v) is 4.13. The van der Waals surface area contributed by atoms with Crippen LogP contribution in [0.3, 0.4) is 0 Å². The Kier molecular flexibility index (Phi) is 7.19. The molecule has 1 amide bonds. The van der Waals surface area contributed by atoms with Gasteiger partial charge in [-0.1, -0.05) is 24.0 Å². The van der Waals surface area contributed by atoms with Crippen LogP contribution in [0.5, 0.6) is 0 Å². The molecule has 0 bridgehead atoms. The number of carbonyl (C=O) groups excluding carboxylic acids is 1. The maximum Gasteiger partial charge on any atom is 0.264 e. The van der Waals surface area contributed by atoms with Gasteiger partial charge in [-0.15, -0.1) is 0 Å². The Balaban J connectivity index is 1.79. The van der Waals surface area contributed by atoms with Gasteiger partial charge in [0.15, 0.2) is 14.6 Å². The Morgan fingerprint density at radius 3 is 2.42 bits per heavy atom. The predicted octanol–water partition coefficient (Wildman–Crippen LogP) is 1.16. The molecule has 3 rings (SSSR count). The Morgan fingerprint density at radius 2 is 1.82 bits per heavy atom. The zero-order chi connectivity index (χ0) is 24.2. The van der Waals surface area contributed by atoms with E-state index in [4.69, 9.17) is 10.3 Å². The van der Waals surface area contributed by atoms with E-state index in [0.717, 1.165) is 28.3 Å². The number of hydroxylamine groups is 1. The van der Waals surface area contributed by atoms with E-state index in [9.17, 15) is 18.3 Å². The summed E-state index contributed by atoms with van der Waals surface area (Å²) in [6.45, 7) is 1.07. The molecule has 1 heterocycles. The molecule has 0 fully saturated rings. The van der Waals surface area contributed by atoms with Crippen molar-refractivity contribution in [1.82, 2.24) is 15.3 Å². The minimum Gasteiger partial charge on any atom is -0.393 e. The van der Waals surface area contributed by atoms with E-state index in [-0.39, 0.29) is 19.6 Å². The molecule has 4 N–H and O–H groups in total. The molecule has 1 unspecified atom stereocenters. The van der Waals surface area contributed by atoms with E-state index < -0.39 is 26.6 Å². The quantitative estimate of drug-likeness (QED) is 0.230. The molecular formula is C23H25N3O6S. The third-order valence-corrected chi connectivity index (χ3v) is 7.69. The molecule has 0 aliphatic carbocycles. The fourth-order valence-electron chi connectivity index (χ4n) is 3.29. The van der Waals surface area contributed by atoms with Gasteiger partial charge in [-0.2, -0.15) is 5.10 Å². The van der Waals surface area contributed by atoms with E-state index >= 15 is 0 Å². The summed E-state index contributed by atoms with van der Waals surface area (Å²) in [4.78, 5) is 12.0. The second-order valence-electron chi connectivity index (χ2n) is 7.91. The molecule has 10 heteroatoms. The number of sulfone groups is 1. The Labute approximate surface area is 191 Å². The average molecular weight is 472 g/mol. The lowest BCUT2D eigenvalue weighted by atomic mass is 10.1. The first-order chi connectivity index (χ1) is 15.6. The van der Waals surface area contributed by atoms with Crippen molar-refractivity contribution in [2.24, 2.45) is 0 Å². The standard InChI is InChI=1S/C23H25N3O6S/c1-23(22(29)25-30,33(2,31)32)11-12-26-20-10-7-17(13-19(20)14-24-26)4-3-16-5-8-18(9-6-16)21(28)15-27/h5-10,13-14,21,27-28,30H,11-12,15H2,1-2H3,(H,25,29)/t21-,23?/m0/s1. The Morgan fingerprint density at radius 1 is 1.18 bits per heavy atom. The molecule has 3 aromatic rings. The van der Waals surface area contributed by atoms with Gasteiger partial charge in [-0.3, -0.25) is 14.7 Å². The highest BCUT2D eigenvalue weighted by Crippen LogP contribution is 2.24. The number of hydrogen-bond acceptors (Lipinski definition) is 7. The SMILES string of the molecule is CC(CCn1ncc2cc(C#Cc3ccc([C@@H](O)CO)cc3)ccc21)(C(=O)NO)S(C)(=O)=O. The predicted molar refractivity (Wildman–Crippen MR) is 122 cm³/mol. The van der Waals surface area contributed by atoms with Crippen LogP contribution >= 0.6 is 0 Å². The van der Waals surface area contributed by atoms with Gasteiger partial charge in [0.2, 0.25) is 0 Å². The third-order valence-electron chi connectivity index (χ3n) is 5.66. The number of fused-ring (bicyclic) bond motifs is 1. The molecular weight excluding hydrogens is 446 g/mol. The normalized spacial score (nSPS) is 14.2. The molecule has 0 aliphatic rings. The molecule has 0 radical (unpaired) electrons. The summed E-state index contributed by atoms with van der Waals surface area (Å²) in [6.07, 6.45) is 1.60. The van der Waals surface area contributed by atoms with Crippen molar-refractivity contribution in [3.05, 3.63) is 65.4 Å². The molecule has 2 atom stereocenters.